The Morgan fingerprint density at radius 1 is 0.864 bits per heavy atom. The van der Waals surface area contributed by atoms with Gasteiger partial charge in [-0.15, -0.1) is 0 Å². The minimum Gasteiger partial charge on any atom is -0.458 e. The second kappa shape index (κ2) is 27.3. The fraction of sp³-hybridized carbons (Fsp3) is 0.809. The zero-order valence-corrected chi connectivity index (χ0v) is 44.6. The molecule has 0 amide bonds. The minimum atomic E-state index is -2.06. The van der Waals surface area contributed by atoms with E-state index in [0.717, 1.165) is 24.4 Å². The highest BCUT2D eigenvalue weighted by Gasteiger charge is 2.52. The fourth-order valence-corrected chi connectivity index (χ4v) is 12.9. The van der Waals surface area contributed by atoms with Gasteiger partial charge in [0.05, 0.1) is 49.6 Å². The molecular weight excluding hydrogens is 989 g/mol. The van der Waals surface area contributed by atoms with Crippen LogP contribution < -0.4 is 0 Å². The van der Waals surface area contributed by atoms with Crippen LogP contribution in [0.4, 0.5) is 0 Å². The number of methoxy groups -OCH3 is 2. The maximum Gasteiger partial charge on any atom is 0.309 e. The summed E-state index contributed by atoms with van der Waals surface area (Å²) in [6.07, 6.45) is -3.82. The molecule has 3 aliphatic rings. The number of ketones is 1. The van der Waals surface area contributed by atoms with Crippen molar-refractivity contribution >= 4 is 60.9 Å². The number of alkyl halides is 1. The van der Waals surface area contributed by atoms with E-state index in [1.807, 2.05) is 42.5 Å². The zero-order valence-electron chi connectivity index (χ0n) is 41.5. The Balaban J connectivity index is 1.98. The molecular formula is C47H78INO16Si. The Morgan fingerprint density at radius 3 is 1.98 bits per heavy atom. The van der Waals surface area contributed by atoms with Gasteiger partial charge in [0.25, 0.3) is 0 Å². The van der Waals surface area contributed by atoms with Gasteiger partial charge < -0.3 is 57.0 Å². The van der Waals surface area contributed by atoms with E-state index in [-0.39, 0.29) is 31.3 Å². The van der Waals surface area contributed by atoms with Gasteiger partial charge >= 0.3 is 17.9 Å². The second-order valence-corrected chi connectivity index (χ2v) is 24.2. The van der Waals surface area contributed by atoms with Crippen molar-refractivity contribution in [2.24, 2.45) is 23.7 Å². The Kier molecular flexibility index (Phi) is 24.0. The van der Waals surface area contributed by atoms with Crippen LogP contribution in [-0.2, 0) is 71.0 Å². The first-order chi connectivity index (χ1) is 31.1. The van der Waals surface area contributed by atoms with Crippen LogP contribution in [-0.4, -0.2) is 161 Å². The average molecular weight is 1070 g/mol. The average Bonchev–Trinajstić information content (AvgIpc) is 3.25. The molecule has 0 saturated carbocycles. The predicted octanol–water partition coefficient (Wildman–Crippen LogP) is 5.72. The van der Waals surface area contributed by atoms with E-state index in [1.54, 1.807) is 60.1 Å². The summed E-state index contributed by atoms with van der Waals surface area (Å²) in [6, 6.07) is 2.13. The molecule has 3 heterocycles. The number of ether oxygens (including phenoxy) is 9. The number of hydrogen-bond acceptors (Lipinski definition) is 17. The van der Waals surface area contributed by atoms with Crippen molar-refractivity contribution in [3.05, 3.63) is 23.8 Å². The van der Waals surface area contributed by atoms with Crippen molar-refractivity contribution < 1.29 is 76.1 Å². The van der Waals surface area contributed by atoms with E-state index in [9.17, 15) is 29.1 Å². The highest BCUT2D eigenvalue weighted by Crippen LogP contribution is 2.37. The molecule has 17 atom stereocenters. The molecule has 0 aromatic rings. The van der Waals surface area contributed by atoms with Crippen LogP contribution >= 0.6 is 22.6 Å². The molecule has 0 aliphatic carbocycles. The first-order valence-electron chi connectivity index (χ1n) is 23.3. The third kappa shape index (κ3) is 15.7. The van der Waals surface area contributed by atoms with Crippen LogP contribution in [0.1, 0.15) is 88.5 Å². The molecule has 0 aromatic carbocycles. The number of nitrogens with zero attached hydrogens (tertiary/aromatic N) is 1. The van der Waals surface area contributed by atoms with E-state index in [2.05, 4.69) is 20.8 Å². The Bertz CT molecular complexity index is 1640. The number of allylic oxidation sites excluding steroid dienone is 3. The molecule has 2 fully saturated rings. The third-order valence-electron chi connectivity index (χ3n) is 13.4. The first kappa shape index (κ1) is 58.1. The van der Waals surface area contributed by atoms with Crippen molar-refractivity contribution in [1.29, 1.82) is 0 Å². The normalized spacial score (nSPS) is 37.9. The number of aldehydes is 1. The largest absolute Gasteiger partial charge is 0.458 e. The van der Waals surface area contributed by atoms with Gasteiger partial charge in [-0.3, -0.25) is 24.1 Å². The van der Waals surface area contributed by atoms with E-state index < -0.39 is 128 Å². The van der Waals surface area contributed by atoms with Gasteiger partial charge in [-0.25, -0.2) is 0 Å². The number of likely N-dealkylation sites (N-methyl/N-ethyl adjacent to an activating group) is 1. The molecule has 378 valence electrons. The van der Waals surface area contributed by atoms with Gasteiger partial charge in [-0.05, 0) is 94.0 Å². The van der Waals surface area contributed by atoms with Crippen LogP contribution in [0.5, 0.6) is 0 Å². The number of rotatable bonds is 17. The van der Waals surface area contributed by atoms with E-state index in [4.69, 9.17) is 47.1 Å². The smallest absolute Gasteiger partial charge is 0.309 e. The van der Waals surface area contributed by atoms with E-state index in [0.29, 0.717) is 5.57 Å². The molecule has 0 radical (unpaired) electrons. The zero-order chi connectivity index (χ0) is 49.6. The minimum absolute atomic E-state index is 0.0189. The maximum absolute atomic E-state index is 13.8. The van der Waals surface area contributed by atoms with Gasteiger partial charge in [0.15, 0.2) is 36.9 Å². The molecule has 3 rings (SSSR count). The van der Waals surface area contributed by atoms with Crippen molar-refractivity contribution in [2.75, 3.05) is 34.9 Å². The van der Waals surface area contributed by atoms with Gasteiger partial charge in [0.1, 0.15) is 24.6 Å². The van der Waals surface area contributed by atoms with Crippen LogP contribution in [0.25, 0.3) is 0 Å². The summed E-state index contributed by atoms with van der Waals surface area (Å²) in [4.78, 5) is 66.4. The molecule has 1 N–H and O–H groups in total. The molecule has 2 saturated heterocycles. The quantitative estimate of drug-likeness (QED) is 0.0463. The molecule has 19 heteroatoms. The number of aliphatic hydroxyl groups is 1. The predicted molar refractivity (Wildman–Crippen MR) is 255 cm³/mol. The van der Waals surface area contributed by atoms with Crippen LogP contribution in [0.3, 0.4) is 0 Å². The lowest BCUT2D eigenvalue weighted by molar-refractivity contribution is -0.308. The SMILES string of the molecule is CC[Si](CC)(CC)O[C@@H]1C(C)O[C@@H](OCC2/C=C(C)/C=C/C(=O)[C@H](C)C[C@H](CC=O)[C@H](OC3OC(C)C(OC(C)=O)C(N(C)C)C3OC(C)=O)[C@@H](C)[C@H](O)CC(=O)O[C@@H]2I)C(OC)C1OC. The van der Waals surface area contributed by atoms with Gasteiger partial charge in [-0.1, -0.05) is 52.3 Å². The van der Waals surface area contributed by atoms with Crippen molar-refractivity contribution in [3.8, 4) is 0 Å². The standard InChI is InChI=1S/C47H78INO16Si/c1-15-66(16-2,17-3)65-41-30(8)59-46(44(57-14)43(41)56-13)58-25-34-22-26(4)18-19-35(53)27(5)23-33(20-21-50)39(28(6)36(54)24-37(55)63-45(34)48)64-47-42(62-32(10)52)38(49(11)12)40(29(7)60-47)61-31(9)51/h18-19,21-22,27-30,33-34,36,38-47,54H,15-17,20,23-25H2,1-14H3/b19-18+,26-22+/t27-,28+,29?,30?,33+,34?,36-,38?,39-,40?,41-,42?,43?,44?,45+,46-,47?/m1/s1. The van der Waals surface area contributed by atoms with E-state index >= 15 is 0 Å². The number of carbonyl (C=O) groups is 5. The maximum atomic E-state index is 13.8. The summed E-state index contributed by atoms with van der Waals surface area (Å²) in [7, 11) is 4.61. The Hall–Kier alpha value is -2.18. The Labute approximate surface area is 406 Å². The molecule has 0 bridgehead atoms. The lowest BCUT2D eigenvalue weighted by Crippen LogP contribution is -2.65. The number of hydrogen-bond donors (Lipinski definition) is 1. The van der Waals surface area contributed by atoms with Crippen molar-refractivity contribution in [1.82, 2.24) is 4.90 Å². The molecule has 66 heavy (non-hydrogen) atoms. The van der Waals surface area contributed by atoms with Crippen molar-refractivity contribution in [2.45, 2.75) is 184 Å². The summed E-state index contributed by atoms with van der Waals surface area (Å²) in [5.74, 6) is -4.82. The number of halogens is 1. The Morgan fingerprint density at radius 2 is 1.44 bits per heavy atom. The third-order valence-corrected chi connectivity index (χ3v) is 19.2. The lowest BCUT2D eigenvalue weighted by Gasteiger charge is -2.48. The molecule has 17 nitrogen and oxygen atoms in total. The fourth-order valence-electron chi connectivity index (χ4n) is 9.33. The molecule has 3 aliphatic heterocycles. The highest BCUT2D eigenvalue weighted by atomic mass is 127. The summed E-state index contributed by atoms with van der Waals surface area (Å²) in [6.45, 7) is 17.9. The van der Waals surface area contributed by atoms with Crippen LogP contribution in [0.2, 0.25) is 18.1 Å². The monoisotopic (exact) mass is 1070 g/mol. The summed E-state index contributed by atoms with van der Waals surface area (Å²) in [5, 5.41) is 11.8. The number of cyclic esters (lactones) is 1. The summed E-state index contributed by atoms with van der Waals surface area (Å²) in [5.41, 5.74) is 0.695. The van der Waals surface area contributed by atoms with Gasteiger partial charge in [-0.2, -0.15) is 0 Å². The molecule has 0 aromatic heterocycles. The summed E-state index contributed by atoms with van der Waals surface area (Å²) >= 11 is 2.02. The van der Waals surface area contributed by atoms with Gasteiger partial charge in [0, 0.05) is 52.2 Å². The van der Waals surface area contributed by atoms with Crippen LogP contribution in [0, 0.1) is 23.7 Å². The summed E-state index contributed by atoms with van der Waals surface area (Å²) < 4.78 is 61.4. The van der Waals surface area contributed by atoms with Crippen LogP contribution in [0.15, 0.2) is 23.8 Å². The molecule has 0 spiro atoms. The first-order valence-corrected chi connectivity index (χ1v) is 27.1. The van der Waals surface area contributed by atoms with E-state index in [1.165, 1.54) is 19.9 Å². The molecule has 9 unspecified atom stereocenters. The number of esters is 3. The lowest BCUT2D eigenvalue weighted by atomic mass is 9.79. The highest BCUT2D eigenvalue weighted by molar-refractivity contribution is 14.1. The second-order valence-electron chi connectivity index (χ2n) is 18.3. The number of carbonyl (C=O) groups excluding carboxylic acids is 5. The van der Waals surface area contributed by atoms with Crippen molar-refractivity contribution in [3.63, 3.8) is 0 Å². The topological polar surface area (TPSA) is 201 Å². The van der Waals surface area contributed by atoms with Gasteiger partial charge in [0.2, 0.25) is 0 Å². The number of aliphatic hydroxyl groups excluding tert-OH is 1.